The van der Waals surface area contributed by atoms with E-state index in [1.54, 1.807) is 0 Å². The molecule has 1 atom stereocenters. The average molecular weight is 439 g/mol. The molecule has 0 aromatic carbocycles. The Morgan fingerprint density at radius 3 is 2.50 bits per heavy atom. The molecule has 172 valence electrons. The number of amides is 2. The van der Waals surface area contributed by atoms with Crippen molar-refractivity contribution in [3.05, 3.63) is 28.7 Å². The minimum Gasteiger partial charge on any atom is -0.342 e. The lowest BCUT2D eigenvalue weighted by Crippen LogP contribution is -2.47. The van der Waals surface area contributed by atoms with Crippen molar-refractivity contribution in [1.29, 1.82) is 0 Å². The first-order valence-corrected chi connectivity index (χ1v) is 12.0. The number of aromatic nitrogens is 3. The zero-order valence-corrected chi connectivity index (χ0v) is 19.5. The molecule has 8 heteroatoms. The Morgan fingerprint density at radius 2 is 1.78 bits per heavy atom. The second-order valence-corrected chi connectivity index (χ2v) is 9.83. The van der Waals surface area contributed by atoms with Gasteiger partial charge < -0.3 is 14.7 Å². The van der Waals surface area contributed by atoms with Gasteiger partial charge in [-0.05, 0) is 52.1 Å². The van der Waals surface area contributed by atoms with E-state index in [0.717, 1.165) is 86.8 Å². The third-order valence-electron chi connectivity index (χ3n) is 7.47. The summed E-state index contributed by atoms with van der Waals surface area (Å²) in [4.78, 5) is 36.2. The number of likely N-dealkylation sites (tertiary alicyclic amines) is 1. The van der Waals surface area contributed by atoms with Crippen LogP contribution < -0.4 is 0 Å². The molecule has 2 saturated heterocycles. The predicted octanol–water partition coefficient (Wildman–Crippen LogP) is 1.78. The van der Waals surface area contributed by atoms with Gasteiger partial charge >= 0.3 is 0 Å². The van der Waals surface area contributed by atoms with E-state index < -0.39 is 0 Å². The number of carbonyl (C=O) groups is 2. The predicted molar refractivity (Wildman–Crippen MR) is 122 cm³/mol. The minimum absolute atomic E-state index is 0.226. The Kier molecular flexibility index (Phi) is 5.65. The largest absolute Gasteiger partial charge is 0.342 e. The first kappa shape index (κ1) is 21.4. The Bertz CT molecular complexity index is 1030. The Balaban J connectivity index is 1.29. The summed E-state index contributed by atoms with van der Waals surface area (Å²) in [6, 6.07) is 2.08. The second kappa shape index (κ2) is 8.46. The fraction of sp³-hybridized carbons (Fsp3) is 0.667. The van der Waals surface area contributed by atoms with E-state index in [1.807, 2.05) is 21.2 Å². The summed E-state index contributed by atoms with van der Waals surface area (Å²) in [7, 11) is 2.10. The van der Waals surface area contributed by atoms with Crippen LogP contribution in [0.25, 0.3) is 5.65 Å². The van der Waals surface area contributed by atoms with Crippen LogP contribution >= 0.6 is 0 Å². The summed E-state index contributed by atoms with van der Waals surface area (Å²) in [5.41, 5.74) is 5.04. The van der Waals surface area contributed by atoms with E-state index in [2.05, 4.69) is 24.9 Å². The lowest BCUT2D eigenvalue weighted by Gasteiger charge is -2.32. The molecule has 2 aromatic rings. The maximum Gasteiger partial charge on any atom is 0.225 e. The summed E-state index contributed by atoms with van der Waals surface area (Å²) in [5.74, 6) is 1.11. The van der Waals surface area contributed by atoms with Gasteiger partial charge in [-0.2, -0.15) is 5.10 Å². The van der Waals surface area contributed by atoms with Gasteiger partial charge in [0.15, 0.2) is 5.65 Å². The van der Waals surface area contributed by atoms with Gasteiger partial charge in [0.25, 0.3) is 0 Å². The van der Waals surface area contributed by atoms with Crippen LogP contribution in [0, 0.1) is 19.8 Å². The van der Waals surface area contributed by atoms with Gasteiger partial charge in [-0.3, -0.25) is 9.59 Å². The highest BCUT2D eigenvalue weighted by molar-refractivity contribution is 5.81. The van der Waals surface area contributed by atoms with Gasteiger partial charge in [-0.15, -0.1) is 0 Å². The maximum atomic E-state index is 12.7. The molecule has 3 aliphatic rings. The molecule has 2 aromatic heterocycles. The van der Waals surface area contributed by atoms with E-state index in [1.165, 1.54) is 0 Å². The zero-order valence-electron chi connectivity index (χ0n) is 19.5. The molecule has 0 N–H and O–H groups in total. The summed E-state index contributed by atoms with van der Waals surface area (Å²) in [6.45, 7) is 9.22. The van der Waals surface area contributed by atoms with Crippen LogP contribution in [-0.2, 0) is 16.0 Å². The Labute approximate surface area is 189 Å². The van der Waals surface area contributed by atoms with E-state index in [-0.39, 0.29) is 17.7 Å². The molecule has 1 saturated carbocycles. The van der Waals surface area contributed by atoms with Crippen molar-refractivity contribution < 1.29 is 9.59 Å². The van der Waals surface area contributed by atoms with Crippen LogP contribution in [0.3, 0.4) is 0 Å². The van der Waals surface area contributed by atoms with Crippen molar-refractivity contribution in [3.63, 3.8) is 0 Å². The third kappa shape index (κ3) is 4.12. The van der Waals surface area contributed by atoms with Crippen molar-refractivity contribution in [1.82, 2.24) is 29.3 Å². The van der Waals surface area contributed by atoms with Gasteiger partial charge in [0.2, 0.25) is 11.8 Å². The number of rotatable bonds is 5. The topological polar surface area (TPSA) is 74.0 Å². The number of hydrogen-bond acceptors (Lipinski definition) is 5. The molecule has 0 radical (unpaired) electrons. The summed E-state index contributed by atoms with van der Waals surface area (Å²) < 4.78 is 1.93. The number of carbonyl (C=O) groups excluding carboxylic acids is 2. The SMILES string of the molecule is Cc1nc2cc(C3CCN(C(=O)C4CC4)C3)nn2c(C)c1CCC(=O)N1CCN(C)CC1. The number of fused-ring (bicyclic) bond motifs is 1. The van der Waals surface area contributed by atoms with Crippen LogP contribution in [-0.4, -0.2) is 87.4 Å². The monoisotopic (exact) mass is 438 g/mol. The molecule has 1 unspecified atom stereocenters. The van der Waals surface area contributed by atoms with Gasteiger partial charge in [-0.1, -0.05) is 0 Å². The molecular weight excluding hydrogens is 404 g/mol. The van der Waals surface area contributed by atoms with Gasteiger partial charge in [0.05, 0.1) is 5.69 Å². The molecule has 2 amide bonds. The highest BCUT2D eigenvalue weighted by atomic mass is 16.2. The van der Waals surface area contributed by atoms with Crippen LogP contribution in [0.15, 0.2) is 6.07 Å². The summed E-state index contributed by atoms with van der Waals surface area (Å²) >= 11 is 0. The highest BCUT2D eigenvalue weighted by Crippen LogP contribution is 2.35. The highest BCUT2D eigenvalue weighted by Gasteiger charge is 2.37. The molecule has 0 bridgehead atoms. The normalized spacial score (nSPS) is 22.2. The smallest absolute Gasteiger partial charge is 0.225 e. The lowest BCUT2D eigenvalue weighted by molar-refractivity contribution is -0.133. The number of piperazine rings is 1. The maximum absolute atomic E-state index is 12.7. The third-order valence-corrected chi connectivity index (χ3v) is 7.47. The van der Waals surface area contributed by atoms with Crippen molar-refractivity contribution in [3.8, 4) is 0 Å². The van der Waals surface area contributed by atoms with Crippen molar-refractivity contribution >= 4 is 17.5 Å². The van der Waals surface area contributed by atoms with Gasteiger partial charge in [0, 0.05) is 75.0 Å². The van der Waals surface area contributed by atoms with Crippen LogP contribution in [0.1, 0.15) is 54.2 Å². The summed E-state index contributed by atoms with van der Waals surface area (Å²) in [5, 5.41) is 4.89. The molecule has 8 nitrogen and oxygen atoms in total. The van der Waals surface area contributed by atoms with Gasteiger partial charge in [-0.25, -0.2) is 9.50 Å². The van der Waals surface area contributed by atoms with Gasteiger partial charge in [0.1, 0.15) is 0 Å². The first-order valence-electron chi connectivity index (χ1n) is 12.0. The average Bonchev–Trinajstić information content (AvgIpc) is 3.35. The van der Waals surface area contributed by atoms with Crippen molar-refractivity contribution in [2.45, 2.75) is 51.9 Å². The Morgan fingerprint density at radius 1 is 1.03 bits per heavy atom. The van der Waals surface area contributed by atoms with Crippen molar-refractivity contribution in [2.75, 3.05) is 46.3 Å². The second-order valence-electron chi connectivity index (χ2n) is 9.83. The fourth-order valence-corrected chi connectivity index (χ4v) is 5.14. The standard InChI is InChI=1S/C24H34N6O2/c1-16-20(6-7-23(31)28-12-10-27(3)11-13-28)17(2)30-22(25-16)14-21(26-30)19-8-9-29(15-19)24(32)18-4-5-18/h14,18-19H,4-13,15H2,1-3H3. The van der Waals surface area contributed by atoms with E-state index >= 15 is 0 Å². The summed E-state index contributed by atoms with van der Waals surface area (Å²) in [6.07, 6.45) is 4.27. The number of likely N-dealkylation sites (N-methyl/N-ethyl adjacent to an activating group) is 1. The minimum atomic E-state index is 0.226. The quantitative estimate of drug-likeness (QED) is 0.712. The zero-order chi connectivity index (χ0) is 22.4. The molecule has 32 heavy (non-hydrogen) atoms. The van der Waals surface area contributed by atoms with E-state index in [4.69, 9.17) is 10.1 Å². The van der Waals surface area contributed by atoms with Crippen LogP contribution in [0.2, 0.25) is 0 Å². The molecule has 3 fully saturated rings. The lowest BCUT2D eigenvalue weighted by atomic mass is 10.1. The molecule has 5 rings (SSSR count). The van der Waals surface area contributed by atoms with E-state index in [0.29, 0.717) is 18.7 Å². The molecule has 0 spiro atoms. The number of nitrogens with zero attached hydrogens (tertiary/aromatic N) is 6. The first-order chi connectivity index (χ1) is 15.4. The molecule has 4 heterocycles. The van der Waals surface area contributed by atoms with E-state index in [9.17, 15) is 9.59 Å². The molecule has 1 aliphatic carbocycles. The Hall–Kier alpha value is -2.48. The van der Waals surface area contributed by atoms with Crippen molar-refractivity contribution in [2.24, 2.45) is 5.92 Å². The molecule has 2 aliphatic heterocycles. The number of aryl methyl sites for hydroxylation is 2. The van der Waals surface area contributed by atoms with Crippen LogP contribution in [0.5, 0.6) is 0 Å². The number of hydrogen-bond donors (Lipinski definition) is 0. The molecular formula is C24H34N6O2. The fourth-order valence-electron chi connectivity index (χ4n) is 5.14. The van der Waals surface area contributed by atoms with Crippen LogP contribution in [0.4, 0.5) is 0 Å².